The van der Waals surface area contributed by atoms with Crippen LogP contribution in [0.25, 0.3) is 0 Å². The second-order valence-corrected chi connectivity index (χ2v) is 7.64. The van der Waals surface area contributed by atoms with Gasteiger partial charge >= 0.3 is 0 Å². The first-order chi connectivity index (χ1) is 11.3. The first-order valence-corrected chi connectivity index (χ1v) is 8.50. The van der Waals surface area contributed by atoms with Gasteiger partial charge in [-0.25, -0.2) is 0 Å². The molecule has 2 amide bonds. The Labute approximate surface area is 154 Å². The lowest BCUT2D eigenvalue weighted by atomic mass is 10.1. The van der Waals surface area contributed by atoms with Crippen LogP contribution in [0.4, 0.5) is 0 Å². The van der Waals surface area contributed by atoms with Gasteiger partial charge in [-0.2, -0.15) is 0 Å². The maximum Gasteiger partial charge on any atom is 0.262 e. The van der Waals surface area contributed by atoms with E-state index in [-0.39, 0.29) is 24.0 Å². The minimum Gasteiger partial charge on any atom is -0.465 e. The number of amides is 2. The van der Waals surface area contributed by atoms with Crippen LogP contribution >= 0.6 is 34.8 Å². The predicted octanol–water partition coefficient (Wildman–Crippen LogP) is 3.69. The fourth-order valence-electron chi connectivity index (χ4n) is 2.81. The van der Waals surface area contributed by atoms with E-state index in [1.165, 1.54) is 6.08 Å². The van der Waals surface area contributed by atoms with Crippen molar-refractivity contribution in [1.29, 1.82) is 0 Å². The number of rotatable bonds is 3. The van der Waals surface area contributed by atoms with Gasteiger partial charge in [0.2, 0.25) is 10.1 Å². The Hall–Kier alpha value is -1.27. The molecule has 0 radical (unpaired) electrons. The SMILES string of the molecule is CCO[C@@H]1C[C@@H](N2C(=O)c3ccccc3C2=O)C=C(C(Cl)(Cl)Cl)O1. The molecule has 0 fully saturated rings. The summed E-state index contributed by atoms with van der Waals surface area (Å²) in [4.78, 5) is 26.4. The molecule has 3 rings (SSSR count). The molecule has 2 atom stereocenters. The van der Waals surface area contributed by atoms with Gasteiger partial charge < -0.3 is 9.47 Å². The number of carbonyl (C=O) groups excluding carboxylic acids is 2. The van der Waals surface area contributed by atoms with Crippen molar-refractivity contribution in [2.45, 2.75) is 29.5 Å². The lowest BCUT2D eigenvalue weighted by Crippen LogP contribution is -2.44. The van der Waals surface area contributed by atoms with E-state index in [1.807, 2.05) is 0 Å². The van der Waals surface area contributed by atoms with Gasteiger partial charge in [0.25, 0.3) is 11.8 Å². The molecule has 0 saturated carbocycles. The van der Waals surface area contributed by atoms with Gasteiger partial charge in [0, 0.05) is 13.0 Å². The van der Waals surface area contributed by atoms with Crippen LogP contribution in [0, 0.1) is 0 Å². The Kier molecular flexibility index (Phi) is 4.80. The summed E-state index contributed by atoms with van der Waals surface area (Å²) in [5.41, 5.74) is 0.733. The minimum atomic E-state index is -1.81. The molecule has 0 aliphatic carbocycles. The highest BCUT2D eigenvalue weighted by atomic mass is 35.6. The molecule has 0 saturated heterocycles. The molecule has 2 aliphatic rings. The lowest BCUT2D eigenvalue weighted by Gasteiger charge is -2.34. The fourth-order valence-corrected chi connectivity index (χ4v) is 3.13. The quantitative estimate of drug-likeness (QED) is 0.583. The Morgan fingerprint density at radius 2 is 1.79 bits per heavy atom. The molecule has 0 aromatic heterocycles. The zero-order valence-corrected chi connectivity index (χ0v) is 14.9. The molecule has 24 heavy (non-hydrogen) atoms. The van der Waals surface area contributed by atoms with Crippen molar-refractivity contribution in [3.63, 3.8) is 0 Å². The van der Waals surface area contributed by atoms with Crippen LogP contribution < -0.4 is 0 Å². The smallest absolute Gasteiger partial charge is 0.262 e. The molecular weight excluding hydrogens is 377 g/mol. The van der Waals surface area contributed by atoms with E-state index in [0.717, 1.165) is 4.90 Å². The van der Waals surface area contributed by atoms with Crippen LogP contribution in [0.2, 0.25) is 0 Å². The average molecular weight is 391 g/mol. The highest BCUT2D eigenvalue weighted by Crippen LogP contribution is 2.40. The summed E-state index contributed by atoms with van der Waals surface area (Å²) < 4.78 is 9.17. The van der Waals surface area contributed by atoms with Crippen LogP contribution in [-0.4, -0.2) is 39.4 Å². The summed E-state index contributed by atoms with van der Waals surface area (Å²) in [6.45, 7) is 2.18. The molecule has 0 N–H and O–H groups in total. The maximum absolute atomic E-state index is 12.6. The van der Waals surface area contributed by atoms with Crippen molar-refractivity contribution in [2.75, 3.05) is 6.61 Å². The zero-order chi connectivity index (χ0) is 17.5. The minimum absolute atomic E-state index is 0.0405. The van der Waals surface area contributed by atoms with Crippen LogP contribution in [0.1, 0.15) is 34.1 Å². The Morgan fingerprint density at radius 1 is 1.21 bits per heavy atom. The van der Waals surface area contributed by atoms with E-state index in [1.54, 1.807) is 31.2 Å². The number of allylic oxidation sites excluding steroid dienone is 1. The topological polar surface area (TPSA) is 55.8 Å². The highest BCUT2D eigenvalue weighted by Gasteiger charge is 2.44. The second-order valence-electron chi connectivity index (χ2n) is 5.36. The Balaban J connectivity index is 1.96. The number of halogens is 3. The van der Waals surface area contributed by atoms with E-state index in [9.17, 15) is 9.59 Å². The molecule has 0 bridgehead atoms. The van der Waals surface area contributed by atoms with Crippen molar-refractivity contribution >= 4 is 46.6 Å². The number of hydrogen-bond donors (Lipinski definition) is 0. The third kappa shape index (κ3) is 3.14. The second kappa shape index (κ2) is 6.56. The third-order valence-electron chi connectivity index (χ3n) is 3.83. The zero-order valence-electron chi connectivity index (χ0n) is 12.7. The molecule has 8 heteroatoms. The van der Waals surface area contributed by atoms with Crippen LogP contribution in [0.3, 0.4) is 0 Å². The number of imide groups is 1. The van der Waals surface area contributed by atoms with E-state index in [4.69, 9.17) is 44.3 Å². The van der Waals surface area contributed by atoms with Crippen molar-refractivity contribution in [3.8, 4) is 0 Å². The number of hydrogen-bond acceptors (Lipinski definition) is 4. The largest absolute Gasteiger partial charge is 0.465 e. The van der Waals surface area contributed by atoms with Gasteiger partial charge in [-0.15, -0.1) is 0 Å². The van der Waals surface area contributed by atoms with Gasteiger partial charge in [0.15, 0.2) is 0 Å². The van der Waals surface area contributed by atoms with Crippen molar-refractivity contribution in [2.24, 2.45) is 0 Å². The maximum atomic E-state index is 12.6. The van der Waals surface area contributed by atoms with E-state index in [2.05, 4.69) is 0 Å². The van der Waals surface area contributed by atoms with Crippen molar-refractivity contribution in [3.05, 3.63) is 47.2 Å². The molecule has 5 nitrogen and oxygen atoms in total. The third-order valence-corrected chi connectivity index (χ3v) is 4.38. The number of fused-ring (bicyclic) bond motifs is 1. The molecule has 0 spiro atoms. The number of ether oxygens (including phenoxy) is 2. The monoisotopic (exact) mass is 389 g/mol. The van der Waals surface area contributed by atoms with E-state index < -0.39 is 16.1 Å². The first kappa shape index (κ1) is 17.5. The fraction of sp³-hybridized carbons (Fsp3) is 0.375. The Bertz CT molecular complexity index is 679. The van der Waals surface area contributed by atoms with E-state index >= 15 is 0 Å². The summed E-state index contributed by atoms with van der Waals surface area (Å²) in [5, 5.41) is 0. The molecule has 2 heterocycles. The summed E-state index contributed by atoms with van der Waals surface area (Å²) >= 11 is 17.7. The number of carbonyl (C=O) groups is 2. The Morgan fingerprint density at radius 3 is 2.29 bits per heavy atom. The van der Waals surface area contributed by atoms with Crippen LogP contribution in [0.5, 0.6) is 0 Å². The molecule has 128 valence electrons. The highest BCUT2D eigenvalue weighted by molar-refractivity contribution is 6.69. The van der Waals surface area contributed by atoms with Crippen LogP contribution in [-0.2, 0) is 9.47 Å². The van der Waals surface area contributed by atoms with Crippen molar-refractivity contribution in [1.82, 2.24) is 4.90 Å². The van der Waals surface area contributed by atoms with Gasteiger partial charge in [-0.05, 0) is 25.1 Å². The summed E-state index contributed by atoms with van der Waals surface area (Å²) in [6, 6.07) is 6.04. The predicted molar refractivity (Wildman–Crippen MR) is 90.2 cm³/mol. The first-order valence-electron chi connectivity index (χ1n) is 7.37. The lowest BCUT2D eigenvalue weighted by molar-refractivity contribution is -0.130. The van der Waals surface area contributed by atoms with Crippen LogP contribution in [0.15, 0.2) is 36.1 Å². The summed E-state index contributed by atoms with van der Waals surface area (Å²) in [6.07, 6.45) is 1.05. The average Bonchev–Trinajstić information content (AvgIpc) is 2.78. The molecule has 1 aromatic carbocycles. The summed E-state index contributed by atoms with van der Waals surface area (Å²) in [7, 11) is 0. The van der Waals surface area contributed by atoms with Crippen molar-refractivity contribution < 1.29 is 19.1 Å². The molecule has 1 aromatic rings. The number of benzene rings is 1. The standard InChI is InChI=1S/C16H14Cl3NO4/c1-2-23-13-8-9(7-12(24-13)16(17,18)19)20-14(21)10-5-3-4-6-11(10)15(20)22/h3-7,9,13H,2,8H2,1H3/t9-,13-/m0/s1. The number of alkyl halides is 3. The van der Waals surface area contributed by atoms with Gasteiger partial charge in [-0.3, -0.25) is 14.5 Å². The van der Waals surface area contributed by atoms with Gasteiger partial charge in [0.1, 0.15) is 5.76 Å². The summed E-state index contributed by atoms with van der Waals surface area (Å²) in [5.74, 6) is -0.714. The van der Waals surface area contributed by atoms with E-state index in [0.29, 0.717) is 17.7 Å². The molecule has 2 aliphatic heterocycles. The molecule has 0 unspecified atom stereocenters. The van der Waals surface area contributed by atoms with Gasteiger partial charge in [0.05, 0.1) is 17.2 Å². The normalized spacial score (nSPS) is 23.8. The number of nitrogens with zero attached hydrogens (tertiary/aromatic N) is 1. The van der Waals surface area contributed by atoms with Gasteiger partial charge in [-0.1, -0.05) is 46.9 Å². The molecular formula is C16H14Cl3NO4.